The number of H-pyrrole nitrogens is 1. The molecule has 0 aliphatic rings. The number of methoxy groups -OCH3 is 1. The van der Waals surface area contributed by atoms with Crippen molar-refractivity contribution in [2.45, 2.75) is 33.2 Å². The molecule has 4 heteroatoms. The summed E-state index contributed by atoms with van der Waals surface area (Å²) in [4.78, 5) is 8.00. The molecular formula is C15H21N3O. The van der Waals surface area contributed by atoms with Gasteiger partial charge in [-0.05, 0) is 25.0 Å². The van der Waals surface area contributed by atoms with Crippen LogP contribution in [0.25, 0.3) is 11.4 Å². The van der Waals surface area contributed by atoms with Gasteiger partial charge >= 0.3 is 0 Å². The fourth-order valence-corrected chi connectivity index (χ4v) is 2.19. The maximum absolute atomic E-state index is 5.78. The molecule has 1 heterocycles. The van der Waals surface area contributed by atoms with E-state index in [4.69, 9.17) is 10.5 Å². The number of aromatic amines is 1. The van der Waals surface area contributed by atoms with Gasteiger partial charge in [-0.25, -0.2) is 4.98 Å². The van der Waals surface area contributed by atoms with E-state index in [1.165, 1.54) is 5.56 Å². The number of aromatic nitrogens is 2. The van der Waals surface area contributed by atoms with Crippen LogP contribution in [0.15, 0.2) is 18.2 Å². The molecule has 0 saturated carbocycles. The number of hydrogen-bond acceptors (Lipinski definition) is 3. The highest BCUT2D eigenvalue weighted by Gasteiger charge is 2.16. The van der Waals surface area contributed by atoms with Crippen molar-refractivity contribution in [1.29, 1.82) is 0 Å². The zero-order valence-corrected chi connectivity index (χ0v) is 11.9. The van der Waals surface area contributed by atoms with Crippen LogP contribution >= 0.6 is 0 Å². The van der Waals surface area contributed by atoms with Crippen molar-refractivity contribution in [3.8, 4) is 17.1 Å². The normalized spacial score (nSPS) is 11.1. The van der Waals surface area contributed by atoms with E-state index in [9.17, 15) is 0 Å². The van der Waals surface area contributed by atoms with Crippen LogP contribution < -0.4 is 10.5 Å². The Morgan fingerprint density at radius 3 is 2.63 bits per heavy atom. The van der Waals surface area contributed by atoms with Crippen molar-refractivity contribution in [3.05, 3.63) is 35.2 Å². The van der Waals surface area contributed by atoms with Gasteiger partial charge in [0.2, 0.25) is 0 Å². The second-order valence-corrected chi connectivity index (χ2v) is 5.01. The topological polar surface area (TPSA) is 63.9 Å². The highest BCUT2D eigenvalue weighted by molar-refractivity contribution is 5.66. The molecule has 2 rings (SSSR count). The van der Waals surface area contributed by atoms with Crippen molar-refractivity contribution < 1.29 is 4.74 Å². The smallest absolute Gasteiger partial charge is 0.141 e. The molecule has 0 unspecified atom stereocenters. The predicted octanol–water partition coefficient (Wildman–Crippen LogP) is 2.98. The van der Waals surface area contributed by atoms with Crippen LogP contribution in [0.2, 0.25) is 0 Å². The quantitative estimate of drug-likeness (QED) is 0.887. The molecule has 1 aromatic carbocycles. The van der Waals surface area contributed by atoms with E-state index >= 15 is 0 Å². The Balaban J connectivity index is 2.55. The zero-order chi connectivity index (χ0) is 14.0. The minimum absolute atomic E-state index is 0.347. The third-order valence-electron chi connectivity index (χ3n) is 3.17. The second-order valence-electron chi connectivity index (χ2n) is 5.01. The Kier molecular flexibility index (Phi) is 3.90. The van der Waals surface area contributed by atoms with E-state index in [-0.39, 0.29) is 0 Å². The van der Waals surface area contributed by atoms with Crippen LogP contribution in [0.3, 0.4) is 0 Å². The van der Waals surface area contributed by atoms with Crippen molar-refractivity contribution in [1.82, 2.24) is 9.97 Å². The largest absolute Gasteiger partial charge is 0.496 e. The minimum atomic E-state index is 0.347. The lowest BCUT2D eigenvalue weighted by atomic mass is 10.1. The van der Waals surface area contributed by atoms with Gasteiger partial charge in [-0.3, -0.25) is 0 Å². The van der Waals surface area contributed by atoms with E-state index < -0.39 is 0 Å². The number of imidazole rings is 1. The summed E-state index contributed by atoms with van der Waals surface area (Å²) in [7, 11) is 1.67. The van der Waals surface area contributed by atoms with E-state index in [0.29, 0.717) is 12.5 Å². The maximum atomic E-state index is 5.78. The molecule has 0 fully saturated rings. The molecule has 0 bridgehead atoms. The zero-order valence-electron chi connectivity index (χ0n) is 11.9. The van der Waals surface area contributed by atoms with Crippen LogP contribution in [0.4, 0.5) is 0 Å². The van der Waals surface area contributed by atoms with Crippen molar-refractivity contribution in [2.24, 2.45) is 5.73 Å². The van der Waals surface area contributed by atoms with Gasteiger partial charge in [0.05, 0.1) is 24.1 Å². The molecule has 2 aromatic rings. The van der Waals surface area contributed by atoms with E-state index in [1.54, 1.807) is 7.11 Å². The first-order chi connectivity index (χ1) is 9.06. The Bertz CT molecular complexity index is 573. The first-order valence-corrected chi connectivity index (χ1v) is 6.50. The number of rotatable bonds is 4. The van der Waals surface area contributed by atoms with Crippen molar-refractivity contribution in [3.63, 3.8) is 0 Å². The molecule has 1 aromatic heterocycles. The van der Waals surface area contributed by atoms with Crippen molar-refractivity contribution in [2.75, 3.05) is 7.11 Å². The molecular weight excluding hydrogens is 238 g/mol. The maximum Gasteiger partial charge on any atom is 0.141 e. The summed E-state index contributed by atoms with van der Waals surface area (Å²) in [6.07, 6.45) is 0. The van der Waals surface area contributed by atoms with Gasteiger partial charge in [0, 0.05) is 6.54 Å². The molecule has 3 N–H and O–H groups in total. The van der Waals surface area contributed by atoms with Crippen LogP contribution in [0.5, 0.6) is 5.75 Å². The third kappa shape index (κ3) is 2.63. The summed E-state index contributed by atoms with van der Waals surface area (Å²) >= 11 is 0. The lowest BCUT2D eigenvalue weighted by molar-refractivity contribution is 0.416. The van der Waals surface area contributed by atoms with Crippen molar-refractivity contribution >= 4 is 0 Å². The van der Waals surface area contributed by atoms with Crippen LogP contribution in [-0.4, -0.2) is 17.1 Å². The Labute approximate surface area is 114 Å². The summed E-state index contributed by atoms with van der Waals surface area (Å²) in [6.45, 7) is 6.76. The van der Waals surface area contributed by atoms with Gasteiger partial charge in [-0.15, -0.1) is 0 Å². The molecule has 0 aliphatic carbocycles. The molecule has 0 atom stereocenters. The summed E-state index contributed by atoms with van der Waals surface area (Å²) in [5.41, 5.74) is 9.95. The van der Waals surface area contributed by atoms with Crippen LogP contribution in [0.1, 0.15) is 36.7 Å². The van der Waals surface area contributed by atoms with Gasteiger partial charge in [-0.2, -0.15) is 0 Å². The van der Waals surface area contributed by atoms with Crippen LogP contribution in [0, 0.1) is 6.92 Å². The number of nitrogens with two attached hydrogens (primary N) is 1. The standard InChI is InChI=1S/C15H21N3O/c1-9(2)14-12(8-16)17-15(18-14)11-7-10(3)5-6-13(11)19-4/h5-7,9H,8,16H2,1-4H3,(H,17,18). The van der Waals surface area contributed by atoms with Gasteiger partial charge in [-0.1, -0.05) is 25.5 Å². The first kappa shape index (κ1) is 13.6. The summed E-state index contributed by atoms with van der Waals surface area (Å²) in [5, 5.41) is 0. The predicted molar refractivity (Wildman–Crippen MR) is 77.3 cm³/mol. The molecule has 0 spiro atoms. The Morgan fingerprint density at radius 1 is 1.37 bits per heavy atom. The Morgan fingerprint density at radius 2 is 2.11 bits per heavy atom. The van der Waals surface area contributed by atoms with E-state index in [2.05, 4.69) is 36.8 Å². The van der Waals surface area contributed by atoms with Crippen LogP contribution in [-0.2, 0) is 6.54 Å². The number of benzene rings is 1. The SMILES string of the molecule is COc1ccc(C)cc1-c1nc(C(C)C)c(CN)[nH]1. The summed E-state index contributed by atoms with van der Waals surface area (Å²) < 4.78 is 5.41. The lowest BCUT2D eigenvalue weighted by Crippen LogP contribution is -2.02. The van der Waals surface area contributed by atoms with E-state index in [0.717, 1.165) is 28.5 Å². The fraction of sp³-hybridized carbons (Fsp3) is 0.400. The lowest BCUT2D eigenvalue weighted by Gasteiger charge is -2.07. The molecule has 0 amide bonds. The summed E-state index contributed by atoms with van der Waals surface area (Å²) in [5.74, 6) is 1.99. The average Bonchev–Trinajstić information content (AvgIpc) is 2.82. The van der Waals surface area contributed by atoms with E-state index in [1.807, 2.05) is 12.1 Å². The number of nitrogens with zero attached hydrogens (tertiary/aromatic N) is 1. The monoisotopic (exact) mass is 259 g/mol. The number of hydrogen-bond donors (Lipinski definition) is 2. The number of aryl methyl sites for hydroxylation is 1. The van der Waals surface area contributed by atoms with Gasteiger partial charge in [0.25, 0.3) is 0 Å². The molecule has 0 saturated heterocycles. The Hall–Kier alpha value is -1.81. The molecule has 0 radical (unpaired) electrons. The molecule has 0 aliphatic heterocycles. The first-order valence-electron chi connectivity index (χ1n) is 6.50. The second kappa shape index (κ2) is 5.45. The summed E-state index contributed by atoms with van der Waals surface area (Å²) in [6, 6.07) is 6.06. The van der Waals surface area contributed by atoms with Gasteiger partial charge in [0.15, 0.2) is 0 Å². The minimum Gasteiger partial charge on any atom is -0.496 e. The van der Waals surface area contributed by atoms with Gasteiger partial charge in [0.1, 0.15) is 11.6 Å². The molecule has 102 valence electrons. The number of ether oxygens (including phenoxy) is 1. The molecule has 4 nitrogen and oxygen atoms in total. The third-order valence-corrected chi connectivity index (χ3v) is 3.17. The van der Waals surface area contributed by atoms with Gasteiger partial charge < -0.3 is 15.5 Å². The number of nitrogens with one attached hydrogen (secondary N) is 1. The fourth-order valence-electron chi connectivity index (χ4n) is 2.19. The average molecular weight is 259 g/mol. The highest BCUT2D eigenvalue weighted by atomic mass is 16.5. The highest BCUT2D eigenvalue weighted by Crippen LogP contribution is 2.31. The molecule has 19 heavy (non-hydrogen) atoms.